The van der Waals surface area contributed by atoms with Crippen LogP contribution >= 0.6 is 47.8 Å². The van der Waals surface area contributed by atoms with E-state index >= 15 is 0 Å². The Kier molecular flexibility index (Phi) is 11.3. The number of hydrogen-bond acceptors (Lipinski definition) is 4. The number of imidazole rings is 1. The first kappa shape index (κ1) is 27.8. The molecule has 2 heterocycles. The van der Waals surface area contributed by atoms with Crippen molar-refractivity contribution >= 4 is 70.4 Å². The van der Waals surface area contributed by atoms with Crippen molar-refractivity contribution in [2.75, 3.05) is 44.7 Å². The molecule has 0 unspecified atom stereocenters. The van der Waals surface area contributed by atoms with Gasteiger partial charge >= 0.3 is 5.69 Å². The van der Waals surface area contributed by atoms with Gasteiger partial charge in [-0.1, -0.05) is 53.9 Å². The molecule has 1 aliphatic rings. The third-order valence-corrected chi connectivity index (χ3v) is 6.34. The summed E-state index contributed by atoms with van der Waals surface area (Å²) in [6.07, 6.45) is 0.541. The zero-order chi connectivity index (χ0) is 24.5. The van der Waals surface area contributed by atoms with Crippen LogP contribution in [0.3, 0.4) is 0 Å². The van der Waals surface area contributed by atoms with Crippen LogP contribution in [0.2, 0.25) is 0 Å². The van der Waals surface area contributed by atoms with E-state index < -0.39 is 0 Å². The summed E-state index contributed by atoms with van der Waals surface area (Å²) in [4.78, 5) is 24.9. The first-order valence-corrected chi connectivity index (χ1v) is 12.9. The number of ether oxygens (including phenoxy) is 2. The van der Waals surface area contributed by atoms with E-state index in [0.29, 0.717) is 19.6 Å². The number of alkyl halides is 1. The number of likely N-dealkylation sites (N-methyl/N-ethyl adjacent to an activating group) is 1. The lowest BCUT2D eigenvalue weighted by atomic mass is 10.2. The lowest BCUT2D eigenvalue weighted by Crippen LogP contribution is -2.23. The molecule has 2 aromatic carbocycles. The van der Waals surface area contributed by atoms with Crippen molar-refractivity contribution in [3.05, 3.63) is 61.4 Å². The van der Waals surface area contributed by atoms with Gasteiger partial charge in [-0.05, 0) is 35.9 Å². The maximum Gasteiger partial charge on any atom is 0.328 e. The molecule has 1 aliphatic heterocycles. The van der Waals surface area contributed by atoms with E-state index in [1.807, 2.05) is 36.4 Å². The van der Waals surface area contributed by atoms with Gasteiger partial charge in [-0.25, -0.2) is 4.79 Å². The highest BCUT2D eigenvalue weighted by Gasteiger charge is 2.23. The van der Waals surface area contributed by atoms with Crippen LogP contribution < -0.4 is 10.6 Å². The minimum atomic E-state index is -0.00912. The van der Waals surface area contributed by atoms with Gasteiger partial charge in [0.15, 0.2) is 0 Å². The van der Waals surface area contributed by atoms with Crippen LogP contribution in [0, 0.1) is 0 Å². The summed E-state index contributed by atoms with van der Waals surface area (Å²) in [7, 11) is 6.90. The Bertz CT molecular complexity index is 1140. The Labute approximate surface area is 219 Å². The van der Waals surface area contributed by atoms with Gasteiger partial charge in [0.2, 0.25) is 5.91 Å². The molecule has 7 nitrogen and oxygen atoms in total. The average Bonchev–Trinajstić information content (AvgIpc) is 3.21. The van der Waals surface area contributed by atoms with Gasteiger partial charge in [-0.2, -0.15) is 0 Å². The fraction of sp³-hybridized carbons (Fsp3) is 0.391. The fourth-order valence-electron chi connectivity index (χ4n) is 3.27. The number of hydrogen-bond donors (Lipinski definition) is 0. The normalized spacial score (nSPS) is 12.2. The molecule has 0 fully saturated rings. The molecule has 4 rings (SSSR count). The van der Waals surface area contributed by atoms with Crippen molar-refractivity contribution in [2.24, 2.45) is 7.05 Å². The number of anilines is 1. The zero-order valence-electron chi connectivity index (χ0n) is 19.1. The predicted octanol–water partition coefficient (Wildman–Crippen LogP) is 4.74. The summed E-state index contributed by atoms with van der Waals surface area (Å²) < 4.78 is 15.0. The maximum atomic E-state index is 12.0. The number of halogens is 3. The SMILES string of the molecule is CN1C(=O)Cc2ccc(Br)cc21.COCCBr.COCCn1c(=O)n(C)c2cc(Br)ccc21. The summed E-state index contributed by atoms with van der Waals surface area (Å²) >= 11 is 9.96. The van der Waals surface area contributed by atoms with Crippen molar-refractivity contribution in [3.8, 4) is 0 Å². The van der Waals surface area contributed by atoms with E-state index in [-0.39, 0.29) is 11.6 Å². The van der Waals surface area contributed by atoms with Crippen LogP contribution in [-0.4, -0.2) is 54.9 Å². The standard InChI is InChI=1S/C11H13BrN2O2.C9H8BrNO.C3H7BrO/c1-13-10-7-8(12)3-4-9(10)14(11(13)15)5-6-16-2;1-11-8-5-7(10)3-2-6(8)4-9(11)12;1-5-3-2-4/h3-4,7H,5-6H2,1-2H3;2-3,5H,4H2,1H3;2-3H2,1H3. The highest BCUT2D eigenvalue weighted by atomic mass is 79.9. The van der Waals surface area contributed by atoms with Gasteiger partial charge in [0.25, 0.3) is 0 Å². The summed E-state index contributed by atoms with van der Waals surface area (Å²) in [6.45, 7) is 1.92. The fourth-order valence-corrected chi connectivity index (χ4v) is 4.29. The quantitative estimate of drug-likeness (QED) is 0.375. The van der Waals surface area contributed by atoms with E-state index in [2.05, 4.69) is 52.5 Å². The van der Waals surface area contributed by atoms with Gasteiger partial charge in [-0.3, -0.25) is 13.9 Å². The van der Waals surface area contributed by atoms with E-state index in [1.54, 1.807) is 42.3 Å². The Morgan fingerprint density at radius 3 is 2.15 bits per heavy atom. The number of methoxy groups -OCH3 is 2. The van der Waals surface area contributed by atoms with Crippen LogP contribution in [0.25, 0.3) is 11.0 Å². The molecule has 0 radical (unpaired) electrons. The predicted molar refractivity (Wildman–Crippen MR) is 144 cm³/mol. The molecule has 0 bridgehead atoms. The highest BCUT2D eigenvalue weighted by Crippen LogP contribution is 2.30. The van der Waals surface area contributed by atoms with Crippen molar-refractivity contribution in [1.82, 2.24) is 9.13 Å². The number of carbonyl (C=O) groups excluding carboxylic acids is 1. The molecule has 0 N–H and O–H groups in total. The molecule has 0 saturated heterocycles. The van der Waals surface area contributed by atoms with Gasteiger partial charge in [0.1, 0.15) is 0 Å². The molecular weight excluding hydrogens is 622 g/mol. The molecule has 33 heavy (non-hydrogen) atoms. The first-order chi connectivity index (χ1) is 15.7. The van der Waals surface area contributed by atoms with Crippen molar-refractivity contribution in [3.63, 3.8) is 0 Å². The second-order valence-corrected chi connectivity index (χ2v) is 9.83. The van der Waals surface area contributed by atoms with Gasteiger partial charge in [-0.15, -0.1) is 0 Å². The van der Waals surface area contributed by atoms with E-state index in [9.17, 15) is 9.59 Å². The molecule has 0 spiro atoms. The summed E-state index contributed by atoms with van der Waals surface area (Å²) in [5.41, 5.74) is 3.99. The van der Waals surface area contributed by atoms with E-state index in [4.69, 9.17) is 4.74 Å². The molecule has 3 aromatic rings. The number of rotatable bonds is 5. The Hall–Kier alpha value is -1.46. The van der Waals surface area contributed by atoms with Crippen LogP contribution in [0.5, 0.6) is 0 Å². The number of benzene rings is 2. The summed E-state index contributed by atoms with van der Waals surface area (Å²) in [5.74, 6) is 0.170. The number of nitrogens with zero attached hydrogens (tertiary/aromatic N) is 3. The number of carbonyl (C=O) groups is 1. The Morgan fingerprint density at radius 2 is 1.55 bits per heavy atom. The number of aromatic nitrogens is 2. The minimum Gasteiger partial charge on any atom is -0.384 e. The Morgan fingerprint density at radius 1 is 0.909 bits per heavy atom. The second-order valence-electron chi connectivity index (χ2n) is 7.20. The molecule has 1 aromatic heterocycles. The second kappa shape index (κ2) is 13.4. The molecular formula is C23H28Br3N3O4. The number of fused-ring (bicyclic) bond motifs is 2. The van der Waals surface area contributed by atoms with E-state index in [1.165, 1.54) is 0 Å². The number of amides is 1. The van der Waals surface area contributed by atoms with Gasteiger partial charge in [0, 0.05) is 48.3 Å². The lowest BCUT2D eigenvalue weighted by Gasteiger charge is -2.09. The average molecular weight is 650 g/mol. The molecule has 180 valence electrons. The lowest BCUT2D eigenvalue weighted by molar-refractivity contribution is -0.117. The van der Waals surface area contributed by atoms with Crippen molar-refractivity contribution in [1.29, 1.82) is 0 Å². The highest BCUT2D eigenvalue weighted by molar-refractivity contribution is 9.10. The molecule has 10 heteroatoms. The molecule has 1 amide bonds. The summed E-state index contributed by atoms with van der Waals surface area (Å²) in [5, 5.41) is 0.934. The van der Waals surface area contributed by atoms with Gasteiger partial charge < -0.3 is 14.4 Å². The summed E-state index contributed by atoms with van der Waals surface area (Å²) in [6, 6.07) is 11.7. The largest absolute Gasteiger partial charge is 0.384 e. The topological polar surface area (TPSA) is 65.7 Å². The van der Waals surface area contributed by atoms with Crippen LogP contribution in [-0.2, 0) is 34.3 Å². The van der Waals surface area contributed by atoms with Crippen molar-refractivity contribution < 1.29 is 14.3 Å². The minimum absolute atomic E-state index is 0.00912. The third kappa shape index (κ3) is 7.26. The molecule has 0 atom stereocenters. The Balaban J connectivity index is 0.000000200. The monoisotopic (exact) mass is 647 g/mol. The molecule has 0 aliphatic carbocycles. The smallest absolute Gasteiger partial charge is 0.328 e. The first-order valence-electron chi connectivity index (χ1n) is 10.2. The molecule has 0 saturated carbocycles. The van der Waals surface area contributed by atoms with Gasteiger partial charge in [0.05, 0.1) is 37.2 Å². The van der Waals surface area contributed by atoms with Crippen LogP contribution in [0.1, 0.15) is 5.56 Å². The van der Waals surface area contributed by atoms with Crippen LogP contribution in [0.15, 0.2) is 50.1 Å². The number of aryl methyl sites for hydroxylation is 1. The maximum absolute atomic E-state index is 12.0. The van der Waals surface area contributed by atoms with Crippen LogP contribution in [0.4, 0.5) is 5.69 Å². The third-order valence-electron chi connectivity index (χ3n) is 5.03. The van der Waals surface area contributed by atoms with E-state index in [0.717, 1.165) is 43.2 Å². The van der Waals surface area contributed by atoms with Crippen molar-refractivity contribution in [2.45, 2.75) is 13.0 Å². The zero-order valence-corrected chi connectivity index (χ0v) is 23.9.